The van der Waals surface area contributed by atoms with Crippen molar-refractivity contribution >= 4 is 0 Å². The van der Waals surface area contributed by atoms with E-state index >= 15 is 0 Å². The summed E-state index contributed by atoms with van der Waals surface area (Å²) in [5.41, 5.74) is 0. The maximum atomic E-state index is 4.35. The second kappa shape index (κ2) is 3.60. The zero-order valence-electron chi connectivity index (χ0n) is 3.88. The van der Waals surface area contributed by atoms with Crippen molar-refractivity contribution < 1.29 is 19.7 Å². The van der Waals surface area contributed by atoms with Gasteiger partial charge in [-0.25, -0.2) is 0 Å². The number of rotatable bonds is 2. The second-order valence-corrected chi connectivity index (χ2v) is 1.59. The van der Waals surface area contributed by atoms with Crippen LogP contribution >= 0.6 is 0 Å². The van der Waals surface area contributed by atoms with Gasteiger partial charge >= 0.3 is 45.4 Å². The Hall–Kier alpha value is 0.414. The van der Waals surface area contributed by atoms with Crippen LogP contribution in [0.4, 0.5) is 0 Å². The van der Waals surface area contributed by atoms with Crippen LogP contribution in [0.15, 0.2) is 0 Å². The number of hydrogen-bond acceptors (Lipinski definition) is 2. The van der Waals surface area contributed by atoms with Crippen molar-refractivity contribution in [2.75, 3.05) is 20.8 Å². The molecule has 0 aromatic rings. The normalized spacial score (nSPS) is 10.2. The molecule has 0 spiro atoms. The standard InChI is InChI=1S/C3H8NO.Ni/c1-4(2)3-5;/h3H2,1-2H3;/q-1;+1. The summed E-state index contributed by atoms with van der Waals surface area (Å²) in [6.45, 7) is 0.542. The molecule has 0 aromatic heterocycles. The molecule has 0 atom stereocenters. The molecule has 0 heterocycles. The molecule has 0 aliphatic heterocycles. The zero-order chi connectivity index (χ0) is 4.99. The van der Waals surface area contributed by atoms with Crippen molar-refractivity contribution in [3.05, 3.63) is 0 Å². The first-order valence-electron chi connectivity index (χ1n) is 1.63. The van der Waals surface area contributed by atoms with Crippen molar-refractivity contribution in [1.29, 1.82) is 0 Å². The van der Waals surface area contributed by atoms with E-state index in [9.17, 15) is 0 Å². The number of nitrogens with zero attached hydrogens (tertiary/aromatic N) is 1. The Morgan fingerprint density at radius 3 is 2.17 bits per heavy atom. The molecular formula is C3H8NNiO. The van der Waals surface area contributed by atoms with Crippen molar-refractivity contribution in [3.8, 4) is 0 Å². The molecule has 3 heteroatoms. The molecule has 0 saturated carbocycles. The third-order valence-corrected chi connectivity index (χ3v) is 0.427. The summed E-state index contributed by atoms with van der Waals surface area (Å²) in [6, 6.07) is 0. The molecular weight excluding hydrogens is 125 g/mol. The molecule has 0 N–H and O–H groups in total. The van der Waals surface area contributed by atoms with E-state index in [-0.39, 0.29) is 0 Å². The molecule has 0 aliphatic rings. The minimum atomic E-state index is 0.542. The first kappa shape index (κ1) is 6.41. The summed E-state index contributed by atoms with van der Waals surface area (Å²) in [7, 11) is 3.80. The van der Waals surface area contributed by atoms with Crippen LogP contribution in [0.5, 0.6) is 0 Å². The summed E-state index contributed by atoms with van der Waals surface area (Å²) < 4.78 is 4.35. The first-order chi connectivity index (χ1) is 2.77. The minimum absolute atomic E-state index is 0.542. The summed E-state index contributed by atoms with van der Waals surface area (Å²) in [6.07, 6.45) is 0. The summed E-state index contributed by atoms with van der Waals surface area (Å²) in [5.74, 6) is 0. The molecule has 0 rings (SSSR count). The van der Waals surface area contributed by atoms with Crippen LogP contribution in [0.1, 0.15) is 0 Å². The van der Waals surface area contributed by atoms with Gasteiger partial charge < -0.3 is 0 Å². The molecule has 0 amide bonds. The third-order valence-electron chi connectivity index (χ3n) is 0.299. The number of hydrogen-bond donors (Lipinski definition) is 0. The van der Waals surface area contributed by atoms with Crippen LogP contribution < -0.4 is 0 Å². The van der Waals surface area contributed by atoms with Crippen LogP contribution in [0, 0.1) is 0 Å². The van der Waals surface area contributed by atoms with Gasteiger partial charge in [0.1, 0.15) is 0 Å². The third kappa shape index (κ3) is 4.41. The van der Waals surface area contributed by atoms with E-state index in [1.54, 1.807) is 0 Å². The van der Waals surface area contributed by atoms with Crippen molar-refractivity contribution in [2.45, 2.75) is 0 Å². The first-order valence-corrected chi connectivity index (χ1v) is 2.03. The van der Waals surface area contributed by atoms with Crippen LogP contribution in [0.25, 0.3) is 0 Å². The van der Waals surface area contributed by atoms with Gasteiger partial charge in [-0.2, -0.15) is 0 Å². The molecule has 0 unspecified atom stereocenters. The van der Waals surface area contributed by atoms with E-state index in [2.05, 4.69) is 19.7 Å². The topological polar surface area (TPSA) is 12.5 Å². The van der Waals surface area contributed by atoms with E-state index < -0.39 is 0 Å². The van der Waals surface area contributed by atoms with Gasteiger partial charge in [0, 0.05) is 0 Å². The summed E-state index contributed by atoms with van der Waals surface area (Å²) >= 11 is 3.94. The summed E-state index contributed by atoms with van der Waals surface area (Å²) in [4.78, 5) is 1.86. The van der Waals surface area contributed by atoms with Gasteiger partial charge in [-0.3, -0.25) is 0 Å². The molecule has 0 radical (unpaired) electrons. The molecule has 41 valence electrons. The molecule has 6 heavy (non-hydrogen) atoms. The Morgan fingerprint density at radius 2 is 2.17 bits per heavy atom. The fourth-order valence-electron chi connectivity index (χ4n) is 0.0816. The monoisotopic (exact) mass is 132 g/mol. The average molecular weight is 133 g/mol. The molecule has 0 saturated heterocycles. The Balaban J connectivity index is 2.63. The van der Waals surface area contributed by atoms with Crippen LogP contribution in [-0.4, -0.2) is 25.7 Å². The quantitative estimate of drug-likeness (QED) is 0.387. The van der Waals surface area contributed by atoms with E-state index in [0.717, 1.165) is 0 Å². The predicted molar refractivity (Wildman–Crippen MR) is 19.6 cm³/mol. The molecule has 0 fully saturated rings. The van der Waals surface area contributed by atoms with Crippen molar-refractivity contribution in [2.24, 2.45) is 0 Å². The van der Waals surface area contributed by atoms with Gasteiger partial charge in [0.05, 0.1) is 0 Å². The van der Waals surface area contributed by atoms with E-state index in [4.69, 9.17) is 0 Å². The predicted octanol–water partition coefficient (Wildman–Crippen LogP) is -0.0161. The van der Waals surface area contributed by atoms with Gasteiger partial charge in [0.15, 0.2) is 0 Å². The van der Waals surface area contributed by atoms with Gasteiger partial charge in [0.2, 0.25) is 0 Å². The zero-order valence-corrected chi connectivity index (χ0v) is 4.87. The molecule has 0 aromatic carbocycles. The Kier molecular flexibility index (Phi) is 3.85. The fourth-order valence-corrected chi connectivity index (χ4v) is 0.337. The molecule has 2 nitrogen and oxygen atoms in total. The van der Waals surface area contributed by atoms with Crippen LogP contribution in [0.2, 0.25) is 0 Å². The van der Waals surface area contributed by atoms with E-state index in [1.807, 2.05) is 19.0 Å². The van der Waals surface area contributed by atoms with Gasteiger partial charge in [-0.1, -0.05) is 0 Å². The maximum absolute atomic E-state index is 4.35. The molecule has 0 bridgehead atoms. The average Bonchev–Trinajstić information content (AvgIpc) is 1.35. The van der Waals surface area contributed by atoms with E-state index in [1.165, 1.54) is 0 Å². The fraction of sp³-hybridized carbons (Fsp3) is 1.00. The van der Waals surface area contributed by atoms with Crippen molar-refractivity contribution in [3.63, 3.8) is 0 Å². The van der Waals surface area contributed by atoms with Gasteiger partial charge in [-0.05, 0) is 0 Å². The molecule has 0 aliphatic carbocycles. The summed E-state index contributed by atoms with van der Waals surface area (Å²) in [5, 5.41) is 0. The van der Waals surface area contributed by atoms with Crippen LogP contribution in [0.3, 0.4) is 0 Å². The Morgan fingerprint density at radius 1 is 1.67 bits per heavy atom. The van der Waals surface area contributed by atoms with Gasteiger partial charge in [-0.15, -0.1) is 0 Å². The Bertz CT molecular complexity index is 32.0. The SMILES string of the molecule is CN(C)C[O][Ni]. The Labute approximate surface area is 46.1 Å². The van der Waals surface area contributed by atoms with Crippen molar-refractivity contribution in [1.82, 2.24) is 4.90 Å². The van der Waals surface area contributed by atoms with Crippen LogP contribution in [-0.2, 0) is 19.7 Å². The van der Waals surface area contributed by atoms with Gasteiger partial charge in [0.25, 0.3) is 0 Å². The second-order valence-electron chi connectivity index (χ2n) is 1.30. The van der Waals surface area contributed by atoms with E-state index in [0.29, 0.717) is 6.73 Å².